The Labute approximate surface area is 217 Å². The van der Waals surface area contributed by atoms with Crippen LogP contribution in [0.5, 0.6) is 0 Å². The van der Waals surface area contributed by atoms with Crippen LogP contribution in [0.3, 0.4) is 0 Å². The minimum Gasteiger partial charge on any atom is -0.393 e. The Balaban J connectivity index is 1.16. The predicted octanol–water partition coefficient (Wildman–Crippen LogP) is 4.83. The van der Waals surface area contributed by atoms with Crippen LogP contribution < -0.4 is 5.32 Å². The molecule has 6 rings (SSSR count). The molecule has 1 saturated heterocycles. The molecule has 0 amide bonds. The van der Waals surface area contributed by atoms with Crippen LogP contribution in [0.1, 0.15) is 91.4 Å². The van der Waals surface area contributed by atoms with Gasteiger partial charge in [-0.15, -0.1) is 0 Å². The highest BCUT2D eigenvalue weighted by Crippen LogP contribution is 2.70. The third kappa shape index (κ3) is 4.03. The fourth-order valence-electron chi connectivity index (χ4n) is 11.5. The zero-order chi connectivity index (χ0) is 24.4. The molecule has 0 aromatic heterocycles. The molecule has 0 aromatic rings. The Morgan fingerprint density at radius 2 is 1.60 bits per heavy atom. The van der Waals surface area contributed by atoms with E-state index in [0.29, 0.717) is 22.3 Å². The van der Waals surface area contributed by atoms with Gasteiger partial charge in [-0.25, -0.2) is 0 Å². The van der Waals surface area contributed by atoms with E-state index < -0.39 is 10.8 Å². The molecule has 200 valence electrons. The number of hydrogen-bond acceptors (Lipinski definition) is 4. The number of hydrogen-bond donors (Lipinski definition) is 2. The number of aliphatic hydroxyl groups excluding tert-OH is 1. The molecule has 0 aromatic carbocycles. The predicted molar refractivity (Wildman–Crippen MR) is 145 cm³/mol. The monoisotopic (exact) mass is 504 g/mol. The highest BCUT2D eigenvalue weighted by molar-refractivity contribution is 7.85. The molecule has 4 nitrogen and oxygen atoms in total. The van der Waals surface area contributed by atoms with E-state index in [9.17, 15) is 9.32 Å². The van der Waals surface area contributed by atoms with Gasteiger partial charge in [0.05, 0.1) is 6.10 Å². The van der Waals surface area contributed by atoms with Gasteiger partial charge in [-0.05, 0) is 111 Å². The quantitative estimate of drug-likeness (QED) is 0.576. The van der Waals surface area contributed by atoms with Gasteiger partial charge in [0.2, 0.25) is 0 Å². The Kier molecular flexibility index (Phi) is 6.76. The summed E-state index contributed by atoms with van der Waals surface area (Å²) in [5.41, 5.74) is 1.35. The third-order valence-corrected chi connectivity index (χ3v) is 14.5. The molecule has 35 heavy (non-hydrogen) atoms. The second kappa shape index (κ2) is 9.35. The maximum Gasteiger partial charge on any atom is 0.0568 e. The molecule has 10 unspecified atom stereocenters. The van der Waals surface area contributed by atoms with Crippen molar-refractivity contribution in [2.75, 3.05) is 37.7 Å². The second-order valence-corrected chi connectivity index (χ2v) is 16.0. The standard InChI is InChI=1S/C30H52N2O2S/c1-21-23-8-12-29(3)24-9-14-30(31-15-16-32-17-19-35(34)20-18-32)11-4-5-25(30)22(24)6-7-27(29)28(23,2)13-10-26(21)33/h21-27,31,33H,4-20H2,1-3H3. The lowest BCUT2D eigenvalue weighted by molar-refractivity contribution is -0.191. The van der Waals surface area contributed by atoms with Crippen LogP contribution in [0.15, 0.2) is 0 Å². The van der Waals surface area contributed by atoms with Gasteiger partial charge in [-0.1, -0.05) is 27.2 Å². The molecule has 1 aliphatic heterocycles. The van der Waals surface area contributed by atoms with Crippen molar-refractivity contribution in [1.82, 2.24) is 10.2 Å². The number of fused-ring (bicyclic) bond motifs is 7. The lowest BCUT2D eigenvalue weighted by atomic mass is 9.38. The Bertz CT molecular complexity index is 812. The number of aliphatic hydroxyl groups is 1. The van der Waals surface area contributed by atoms with Crippen molar-refractivity contribution in [3.8, 4) is 0 Å². The molecule has 1 heterocycles. The van der Waals surface area contributed by atoms with E-state index in [1.807, 2.05) is 0 Å². The van der Waals surface area contributed by atoms with Crippen molar-refractivity contribution in [3.05, 3.63) is 0 Å². The summed E-state index contributed by atoms with van der Waals surface area (Å²) in [6.45, 7) is 12.0. The summed E-state index contributed by atoms with van der Waals surface area (Å²) in [5.74, 6) is 6.52. The summed E-state index contributed by atoms with van der Waals surface area (Å²) in [6, 6.07) is 0. The van der Waals surface area contributed by atoms with Gasteiger partial charge in [-0.2, -0.15) is 0 Å². The zero-order valence-corrected chi connectivity index (χ0v) is 23.6. The molecule has 6 aliphatic rings. The van der Waals surface area contributed by atoms with Gasteiger partial charge in [0.1, 0.15) is 0 Å². The lowest BCUT2D eigenvalue weighted by Crippen LogP contribution is -2.64. The second-order valence-electron chi connectivity index (χ2n) is 14.3. The van der Waals surface area contributed by atoms with Gasteiger partial charge >= 0.3 is 0 Å². The van der Waals surface area contributed by atoms with Crippen LogP contribution in [0, 0.1) is 46.3 Å². The Morgan fingerprint density at radius 1 is 0.886 bits per heavy atom. The van der Waals surface area contributed by atoms with Crippen molar-refractivity contribution in [2.24, 2.45) is 46.3 Å². The van der Waals surface area contributed by atoms with E-state index >= 15 is 0 Å². The SMILES string of the molecule is CC1C(O)CCC2(C)C1CCC1(C)C3CCC4(NCCN5CCS(=O)CC5)CCCC4C3CCC21. The smallest absolute Gasteiger partial charge is 0.0568 e. The number of nitrogens with one attached hydrogen (secondary N) is 1. The van der Waals surface area contributed by atoms with Crippen LogP contribution in [0.25, 0.3) is 0 Å². The molecule has 2 N–H and O–H groups in total. The first-order valence-corrected chi connectivity index (χ1v) is 16.8. The molecular formula is C30H52N2O2S. The summed E-state index contributed by atoms with van der Waals surface area (Å²) in [7, 11) is -0.573. The van der Waals surface area contributed by atoms with Crippen LogP contribution in [0.4, 0.5) is 0 Å². The normalized spacial score (nSPS) is 52.9. The van der Waals surface area contributed by atoms with Crippen LogP contribution in [0.2, 0.25) is 0 Å². The average Bonchev–Trinajstić information content (AvgIpc) is 3.27. The maximum absolute atomic E-state index is 11.7. The van der Waals surface area contributed by atoms with E-state index in [1.165, 1.54) is 64.2 Å². The van der Waals surface area contributed by atoms with Gasteiger partial charge in [-0.3, -0.25) is 4.21 Å². The first-order valence-electron chi connectivity index (χ1n) is 15.3. The summed E-state index contributed by atoms with van der Waals surface area (Å²) < 4.78 is 11.7. The minimum absolute atomic E-state index is 0.0688. The number of rotatable bonds is 4. The average molecular weight is 505 g/mol. The molecule has 6 fully saturated rings. The molecule has 0 radical (unpaired) electrons. The Morgan fingerprint density at radius 3 is 2.40 bits per heavy atom. The van der Waals surface area contributed by atoms with E-state index in [0.717, 1.165) is 73.7 Å². The van der Waals surface area contributed by atoms with Crippen molar-refractivity contribution in [1.29, 1.82) is 0 Å². The number of nitrogens with zero attached hydrogens (tertiary/aromatic N) is 1. The van der Waals surface area contributed by atoms with Gasteiger partial charge < -0.3 is 15.3 Å². The fourth-order valence-corrected chi connectivity index (χ4v) is 12.6. The summed E-state index contributed by atoms with van der Waals surface area (Å²) in [4.78, 5) is 2.54. The zero-order valence-electron chi connectivity index (χ0n) is 22.8. The third-order valence-electron chi connectivity index (χ3n) is 13.2. The molecule has 5 heteroatoms. The van der Waals surface area contributed by atoms with Crippen LogP contribution in [-0.4, -0.2) is 63.5 Å². The van der Waals surface area contributed by atoms with Crippen molar-refractivity contribution in [2.45, 2.75) is 103 Å². The highest BCUT2D eigenvalue weighted by Gasteiger charge is 2.64. The molecule has 5 aliphatic carbocycles. The van der Waals surface area contributed by atoms with Crippen LogP contribution >= 0.6 is 0 Å². The molecular weight excluding hydrogens is 452 g/mol. The van der Waals surface area contributed by atoms with Crippen molar-refractivity contribution < 1.29 is 9.32 Å². The largest absolute Gasteiger partial charge is 0.393 e. The van der Waals surface area contributed by atoms with Crippen molar-refractivity contribution in [3.63, 3.8) is 0 Å². The van der Waals surface area contributed by atoms with E-state index in [-0.39, 0.29) is 6.10 Å². The van der Waals surface area contributed by atoms with E-state index in [4.69, 9.17) is 0 Å². The highest BCUT2D eigenvalue weighted by atomic mass is 32.2. The molecule has 0 bridgehead atoms. The molecule has 0 spiro atoms. The first-order chi connectivity index (χ1) is 16.8. The first kappa shape index (κ1) is 25.3. The van der Waals surface area contributed by atoms with Crippen LogP contribution in [-0.2, 0) is 10.8 Å². The van der Waals surface area contributed by atoms with Crippen molar-refractivity contribution >= 4 is 10.8 Å². The molecule has 5 saturated carbocycles. The van der Waals surface area contributed by atoms with Gasteiger partial charge in [0, 0.05) is 54.0 Å². The summed E-state index contributed by atoms with van der Waals surface area (Å²) >= 11 is 0. The maximum atomic E-state index is 11.7. The van der Waals surface area contributed by atoms with E-state index in [1.54, 1.807) is 0 Å². The minimum atomic E-state index is -0.573. The summed E-state index contributed by atoms with van der Waals surface area (Å²) in [5, 5.41) is 14.8. The fraction of sp³-hybridized carbons (Fsp3) is 1.00. The molecule has 10 atom stereocenters. The van der Waals surface area contributed by atoms with Gasteiger partial charge in [0.25, 0.3) is 0 Å². The van der Waals surface area contributed by atoms with E-state index in [2.05, 4.69) is 31.0 Å². The lowest BCUT2D eigenvalue weighted by Gasteiger charge is -2.67. The summed E-state index contributed by atoms with van der Waals surface area (Å²) in [6.07, 6.45) is 14.9. The van der Waals surface area contributed by atoms with Gasteiger partial charge in [0.15, 0.2) is 0 Å². The Hall–Kier alpha value is 0.0300. The topological polar surface area (TPSA) is 52.6 Å².